The standard InChI is InChI=1S/C18H22/c1-6-8-16(9-7-2)18-11-10-17(12-14(3)4)15(5)13-18/h6-13H,1H2,2-5H3/b9-7-,16-8+. The fourth-order valence-corrected chi connectivity index (χ4v) is 1.88. The monoisotopic (exact) mass is 238 g/mol. The minimum Gasteiger partial charge on any atom is -0.0990 e. The third-order valence-electron chi connectivity index (χ3n) is 2.69. The molecule has 0 nitrogen and oxygen atoms in total. The van der Waals surface area contributed by atoms with Crippen LogP contribution in [-0.2, 0) is 0 Å². The number of allylic oxidation sites excluding steroid dienone is 6. The molecule has 0 bridgehead atoms. The Hall–Kier alpha value is -1.82. The Kier molecular flexibility index (Phi) is 5.38. The van der Waals surface area contributed by atoms with Gasteiger partial charge in [-0.3, -0.25) is 0 Å². The topological polar surface area (TPSA) is 0 Å². The summed E-state index contributed by atoms with van der Waals surface area (Å²) in [7, 11) is 0. The van der Waals surface area contributed by atoms with Crippen molar-refractivity contribution < 1.29 is 0 Å². The highest BCUT2D eigenvalue weighted by Crippen LogP contribution is 2.21. The highest BCUT2D eigenvalue weighted by molar-refractivity contribution is 5.76. The molecule has 0 unspecified atom stereocenters. The molecular formula is C18H22. The molecule has 0 saturated heterocycles. The van der Waals surface area contributed by atoms with Crippen molar-refractivity contribution in [3.8, 4) is 0 Å². The molecule has 0 heterocycles. The second-order valence-corrected chi connectivity index (χ2v) is 4.65. The first-order valence-electron chi connectivity index (χ1n) is 6.29. The molecule has 0 aliphatic rings. The van der Waals surface area contributed by atoms with Crippen LogP contribution in [-0.4, -0.2) is 0 Å². The van der Waals surface area contributed by atoms with Crippen molar-refractivity contribution in [3.05, 3.63) is 71.3 Å². The zero-order valence-corrected chi connectivity index (χ0v) is 11.8. The van der Waals surface area contributed by atoms with E-state index in [4.69, 9.17) is 0 Å². The Bertz CT molecular complexity index is 507. The van der Waals surface area contributed by atoms with Crippen molar-refractivity contribution in [3.63, 3.8) is 0 Å². The summed E-state index contributed by atoms with van der Waals surface area (Å²) < 4.78 is 0. The van der Waals surface area contributed by atoms with Crippen LogP contribution in [0.4, 0.5) is 0 Å². The number of hydrogen-bond acceptors (Lipinski definition) is 0. The second-order valence-electron chi connectivity index (χ2n) is 4.65. The molecule has 0 radical (unpaired) electrons. The van der Waals surface area contributed by atoms with Gasteiger partial charge in [-0.25, -0.2) is 0 Å². The Morgan fingerprint density at radius 3 is 2.44 bits per heavy atom. The van der Waals surface area contributed by atoms with Crippen LogP contribution in [0.2, 0.25) is 0 Å². The van der Waals surface area contributed by atoms with Crippen LogP contribution in [0.5, 0.6) is 0 Å². The molecule has 0 aromatic heterocycles. The van der Waals surface area contributed by atoms with Crippen LogP contribution in [0, 0.1) is 6.92 Å². The highest BCUT2D eigenvalue weighted by Gasteiger charge is 2.00. The Labute approximate surface area is 111 Å². The molecule has 0 atom stereocenters. The van der Waals surface area contributed by atoms with Crippen molar-refractivity contribution in [2.45, 2.75) is 27.7 Å². The summed E-state index contributed by atoms with van der Waals surface area (Å²) in [6.07, 6.45) is 10.2. The molecule has 0 fully saturated rings. The minimum atomic E-state index is 1.19. The molecule has 1 rings (SSSR count). The Morgan fingerprint density at radius 2 is 1.94 bits per heavy atom. The van der Waals surface area contributed by atoms with Gasteiger partial charge in [-0.05, 0) is 50.0 Å². The maximum atomic E-state index is 3.77. The van der Waals surface area contributed by atoms with Crippen LogP contribution in [0.1, 0.15) is 37.5 Å². The molecule has 0 saturated carbocycles. The van der Waals surface area contributed by atoms with Crippen LogP contribution in [0.3, 0.4) is 0 Å². The van der Waals surface area contributed by atoms with Gasteiger partial charge in [0.05, 0.1) is 0 Å². The summed E-state index contributed by atoms with van der Waals surface area (Å²) in [6.45, 7) is 12.2. The summed E-state index contributed by atoms with van der Waals surface area (Å²) >= 11 is 0. The summed E-state index contributed by atoms with van der Waals surface area (Å²) in [5.74, 6) is 0. The maximum absolute atomic E-state index is 3.77. The average Bonchev–Trinajstić information content (AvgIpc) is 2.31. The van der Waals surface area contributed by atoms with E-state index in [0.29, 0.717) is 0 Å². The Balaban J connectivity index is 3.21. The zero-order valence-electron chi connectivity index (χ0n) is 11.8. The quantitative estimate of drug-likeness (QED) is 0.602. The largest absolute Gasteiger partial charge is 0.0990 e. The average molecular weight is 238 g/mol. The summed E-state index contributed by atoms with van der Waals surface area (Å²) in [5, 5.41) is 0. The maximum Gasteiger partial charge on any atom is -0.0181 e. The first kappa shape index (κ1) is 14.2. The number of benzene rings is 1. The number of rotatable bonds is 4. The molecule has 18 heavy (non-hydrogen) atoms. The van der Waals surface area contributed by atoms with E-state index < -0.39 is 0 Å². The van der Waals surface area contributed by atoms with E-state index in [1.807, 2.05) is 19.1 Å². The van der Waals surface area contributed by atoms with Gasteiger partial charge in [0.25, 0.3) is 0 Å². The van der Waals surface area contributed by atoms with Gasteiger partial charge in [-0.15, -0.1) is 0 Å². The predicted octanol–water partition coefficient (Wildman–Crippen LogP) is 5.56. The van der Waals surface area contributed by atoms with Gasteiger partial charge >= 0.3 is 0 Å². The van der Waals surface area contributed by atoms with E-state index >= 15 is 0 Å². The van der Waals surface area contributed by atoms with Gasteiger partial charge in [-0.2, -0.15) is 0 Å². The van der Waals surface area contributed by atoms with E-state index in [-0.39, 0.29) is 0 Å². The normalized spacial score (nSPS) is 11.7. The third kappa shape index (κ3) is 3.89. The van der Waals surface area contributed by atoms with E-state index in [1.165, 1.54) is 27.8 Å². The zero-order chi connectivity index (χ0) is 13.5. The van der Waals surface area contributed by atoms with Gasteiger partial charge in [0, 0.05) is 0 Å². The van der Waals surface area contributed by atoms with Gasteiger partial charge in [0.1, 0.15) is 0 Å². The lowest BCUT2D eigenvalue weighted by molar-refractivity contribution is 1.38. The molecule has 1 aromatic carbocycles. The molecule has 0 heteroatoms. The van der Waals surface area contributed by atoms with Crippen molar-refractivity contribution >= 4 is 11.6 Å². The van der Waals surface area contributed by atoms with E-state index in [1.54, 1.807) is 0 Å². The van der Waals surface area contributed by atoms with E-state index in [9.17, 15) is 0 Å². The molecule has 0 spiro atoms. The minimum absolute atomic E-state index is 1.19. The molecular weight excluding hydrogens is 216 g/mol. The number of aryl methyl sites for hydroxylation is 1. The van der Waals surface area contributed by atoms with Gasteiger partial charge in [0.15, 0.2) is 0 Å². The van der Waals surface area contributed by atoms with Crippen LogP contribution >= 0.6 is 0 Å². The van der Waals surface area contributed by atoms with E-state index in [0.717, 1.165) is 0 Å². The van der Waals surface area contributed by atoms with Gasteiger partial charge in [-0.1, -0.05) is 60.7 Å². The van der Waals surface area contributed by atoms with Crippen LogP contribution < -0.4 is 0 Å². The molecule has 94 valence electrons. The highest BCUT2D eigenvalue weighted by atomic mass is 14.1. The van der Waals surface area contributed by atoms with Crippen molar-refractivity contribution in [1.82, 2.24) is 0 Å². The fourth-order valence-electron chi connectivity index (χ4n) is 1.88. The summed E-state index contributed by atoms with van der Waals surface area (Å²) in [6, 6.07) is 6.57. The first-order chi connectivity index (χ1) is 8.58. The third-order valence-corrected chi connectivity index (χ3v) is 2.69. The Morgan fingerprint density at radius 1 is 1.22 bits per heavy atom. The summed E-state index contributed by atoms with van der Waals surface area (Å²) in [5.41, 5.74) is 6.34. The smallest absolute Gasteiger partial charge is 0.0181 e. The molecule has 0 N–H and O–H groups in total. The second kappa shape index (κ2) is 6.80. The van der Waals surface area contributed by atoms with Crippen molar-refractivity contribution in [2.24, 2.45) is 0 Å². The lowest BCUT2D eigenvalue weighted by Gasteiger charge is -2.07. The number of hydrogen-bond donors (Lipinski definition) is 0. The molecule has 0 amide bonds. The fraction of sp³-hybridized carbons (Fsp3) is 0.222. The van der Waals surface area contributed by atoms with Gasteiger partial charge in [0.2, 0.25) is 0 Å². The van der Waals surface area contributed by atoms with Crippen molar-refractivity contribution in [2.75, 3.05) is 0 Å². The first-order valence-corrected chi connectivity index (χ1v) is 6.29. The SMILES string of the molecule is C=C/C=C(\C=C/C)c1ccc(C=C(C)C)c(C)c1. The molecule has 0 aliphatic carbocycles. The lowest BCUT2D eigenvalue weighted by Crippen LogP contribution is -1.87. The molecule has 1 aromatic rings. The van der Waals surface area contributed by atoms with Crippen LogP contribution in [0.15, 0.2) is 54.7 Å². The predicted molar refractivity (Wildman–Crippen MR) is 83.5 cm³/mol. The van der Waals surface area contributed by atoms with E-state index in [2.05, 4.69) is 63.8 Å². The van der Waals surface area contributed by atoms with Crippen molar-refractivity contribution in [1.29, 1.82) is 0 Å². The lowest BCUT2D eigenvalue weighted by atomic mass is 9.98. The molecule has 0 aliphatic heterocycles. The van der Waals surface area contributed by atoms with Gasteiger partial charge < -0.3 is 0 Å². The van der Waals surface area contributed by atoms with Crippen LogP contribution in [0.25, 0.3) is 11.6 Å². The summed E-state index contributed by atoms with van der Waals surface area (Å²) in [4.78, 5) is 0.